The van der Waals surface area contributed by atoms with Crippen LogP contribution in [0.15, 0.2) is 6.07 Å². The van der Waals surface area contributed by atoms with E-state index in [1.165, 1.54) is 24.1 Å². The molecule has 0 unspecified atom stereocenters. The molecule has 0 radical (unpaired) electrons. The molecule has 0 aromatic carbocycles. The second-order valence-corrected chi connectivity index (χ2v) is 6.71. The Hall–Kier alpha value is -0.380. The summed E-state index contributed by atoms with van der Waals surface area (Å²) in [5, 5.41) is 3.46. The highest BCUT2D eigenvalue weighted by atomic mass is 32.1. The van der Waals surface area contributed by atoms with Crippen molar-refractivity contribution < 1.29 is 4.74 Å². The van der Waals surface area contributed by atoms with Gasteiger partial charge in [-0.15, -0.1) is 11.3 Å². The molecule has 0 saturated heterocycles. The average Bonchev–Trinajstić information content (AvgIpc) is 2.87. The lowest BCUT2D eigenvalue weighted by atomic mass is 10.1. The quantitative estimate of drug-likeness (QED) is 0.729. The summed E-state index contributed by atoms with van der Waals surface area (Å²) in [6.45, 7) is 8.16. The molecular formula is C15H25NOS. The van der Waals surface area contributed by atoms with Gasteiger partial charge in [0.25, 0.3) is 0 Å². The second kappa shape index (κ2) is 7.27. The molecule has 0 spiro atoms. The third kappa shape index (κ3) is 4.38. The Morgan fingerprint density at radius 1 is 1.33 bits per heavy atom. The summed E-state index contributed by atoms with van der Waals surface area (Å²) in [5.74, 6) is 0.742. The fraction of sp³-hybridized carbons (Fsp3) is 0.733. The Labute approximate surface area is 115 Å². The van der Waals surface area contributed by atoms with Gasteiger partial charge in [0.2, 0.25) is 0 Å². The zero-order valence-corrected chi connectivity index (χ0v) is 12.4. The third-order valence-corrected chi connectivity index (χ3v) is 4.60. The number of ether oxygens (including phenoxy) is 1. The van der Waals surface area contributed by atoms with Crippen molar-refractivity contribution in [2.24, 2.45) is 5.92 Å². The van der Waals surface area contributed by atoms with Crippen molar-refractivity contribution in [1.29, 1.82) is 0 Å². The number of hydrogen-bond donors (Lipinski definition) is 1. The second-order valence-electron chi connectivity index (χ2n) is 5.49. The van der Waals surface area contributed by atoms with Crippen LogP contribution in [0.1, 0.15) is 42.0 Å². The third-order valence-electron chi connectivity index (χ3n) is 3.36. The van der Waals surface area contributed by atoms with E-state index in [-0.39, 0.29) is 0 Å². The van der Waals surface area contributed by atoms with E-state index in [0.717, 1.165) is 38.6 Å². The molecule has 1 heterocycles. The maximum atomic E-state index is 5.58. The normalized spacial score (nSPS) is 14.4. The summed E-state index contributed by atoms with van der Waals surface area (Å²) in [5.41, 5.74) is 1.60. The van der Waals surface area contributed by atoms with Crippen molar-refractivity contribution in [3.05, 3.63) is 21.4 Å². The van der Waals surface area contributed by atoms with Crippen LogP contribution < -0.4 is 5.32 Å². The predicted molar refractivity (Wildman–Crippen MR) is 78.3 cm³/mol. The molecule has 3 heteroatoms. The smallest absolute Gasteiger partial charge is 0.0591 e. The molecule has 1 aliphatic carbocycles. The van der Waals surface area contributed by atoms with Crippen LogP contribution in [0.4, 0.5) is 0 Å². The van der Waals surface area contributed by atoms with E-state index in [1.807, 2.05) is 11.3 Å². The van der Waals surface area contributed by atoms with Crippen molar-refractivity contribution in [1.82, 2.24) is 5.32 Å². The molecule has 2 nitrogen and oxygen atoms in total. The first kappa shape index (κ1) is 14.0. The summed E-state index contributed by atoms with van der Waals surface area (Å²) in [4.78, 5) is 3.11. The van der Waals surface area contributed by atoms with Crippen molar-refractivity contribution in [3.63, 3.8) is 0 Å². The Balaban J connectivity index is 1.53. The minimum Gasteiger partial charge on any atom is -0.380 e. The van der Waals surface area contributed by atoms with Crippen molar-refractivity contribution in [2.45, 2.75) is 46.1 Å². The van der Waals surface area contributed by atoms with E-state index in [0.29, 0.717) is 0 Å². The van der Waals surface area contributed by atoms with Crippen molar-refractivity contribution in [3.8, 4) is 0 Å². The Morgan fingerprint density at radius 2 is 2.22 bits per heavy atom. The lowest BCUT2D eigenvalue weighted by molar-refractivity contribution is 0.125. The van der Waals surface area contributed by atoms with E-state index < -0.39 is 0 Å². The van der Waals surface area contributed by atoms with Gasteiger partial charge in [-0.2, -0.15) is 0 Å². The van der Waals surface area contributed by atoms with Gasteiger partial charge in [-0.05, 0) is 43.2 Å². The Kier molecular flexibility index (Phi) is 5.67. The van der Waals surface area contributed by atoms with E-state index in [9.17, 15) is 0 Å². The largest absolute Gasteiger partial charge is 0.380 e. The minimum absolute atomic E-state index is 0.742. The van der Waals surface area contributed by atoms with Crippen LogP contribution >= 0.6 is 11.3 Å². The topological polar surface area (TPSA) is 21.3 Å². The Morgan fingerprint density at radius 3 is 3.00 bits per heavy atom. The first-order chi connectivity index (χ1) is 8.75. The van der Waals surface area contributed by atoms with Gasteiger partial charge < -0.3 is 10.1 Å². The highest BCUT2D eigenvalue weighted by Crippen LogP contribution is 2.30. The van der Waals surface area contributed by atoms with E-state index >= 15 is 0 Å². The SMILES string of the molecule is CC(C)CCOCCNCc1cc2c(s1)CCC2. The summed E-state index contributed by atoms with van der Waals surface area (Å²) < 4.78 is 5.58. The maximum absolute atomic E-state index is 5.58. The summed E-state index contributed by atoms with van der Waals surface area (Å²) in [7, 11) is 0. The monoisotopic (exact) mass is 267 g/mol. The number of nitrogens with one attached hydrogen (secondary N) is 1. The van der Waals surface area contributed by atoms with Gasteiger partial charge in [0.15, 0.2) is 0 Å². The first-order valence-corrected chi connectivity index (χ1v) is 7.96. The van der Waals surface area contributed by atoms with Gasteiger partial charge in [0.05, 0.1) is 6.61 Å². The fourth-order valence-electron chi connectivity index (χ4n) is 2.25. The minimum atomic E-state index is 0.742. The molecule has 1 aromatic rings. The van der Waals surface area contributed by atoms with Crippen LogP contribution in [0, 0.1) is 5.92 Å². The van der Waals surface area contributed by atoms with Gasteiger partial charge in [-0.1, -0.05) is 13.8 Å². The van der Waals surface area contributed by atoms with Gasteiger partial charge >= 0.3 is 0 Å². The first-order valence-electron chi connectivity index (χ1n) is 7.14. The molecule has 1 aliphatic rings. The molecule has 0 bridgehead atoms. The van der Waals surface area contributed by atoms with Crippen LogP contribution in [0.25, 0.3) is 0 Å². The predicted octanol–water partition coefficient (Wildman–Crippen LogP) is 3.39. The molecule has 2 rings (SSSR count). The molecule has 0 atom stereocenters. The molecule has 1 N–H and O–H groups in total. The van der Waals surface area contributed by atoms with Gasteiger partial charge in [0, 0.05) is 29.5 Å². The molecule has 0 amide bonds. The Bertz CT molecular complexity index is 338. The van der Waals surface area contributed by atoms with Crippen molar-refractivity contribution in [2.75, 3.05) is 19.8 Å². The number of hydrogen-bond acceptors (Lipinski definition) is 3. The van der Waals surface area contributed by atoms with Crippen LogP contribution in [-0.2, 0) is 24.1 Å². The average molecular weight is 267 g/mol. The standard InChI is InChI=1S/C15H25NOS/c1-12(2)6-8-17-9-7-16-11-14-10-13-4-3-5-15(13)18-14/h10,12,16H,3-9,11H2,1-2H3. The number of fused-ring (bicyclic) bond motifs is 1. The molecule has 18 heavy (non-hydrogen) atoms. The summed E-state index contributed by atoms with van der Waals surface area (Å²) in [6.07, 6.45) is 5.12. The lowest BCUT2D eigenvalue weighted by Crippen LogP contribution is -2.19. The summed E-state index contributed by atoms with van der Waals surface area (Å²) in [6, 6.07) is 2.39. The highest BCUT2D eigenvalue weighted by molar-refractivity contribution is 7.12. The highest BCUT2D eigenvalue weighted by Gasteiger charge is 2.14. The molecule has 1 aromatic heterocycles. The molecular weight excluding hydrogens is 242 g/mol. The van der Waals surface area contributed by atoms with Crippen LogP contribution in [0.3, 0.4) is 0 Å². The van der Waals surface area contributed by atoms with Gasteiger partial charge in [-0.25, -0.2) is 0 Å². The number of aryl methyl sites for hydroxylation is 2. The van der Waals surface area contributed by atoms with E-state index in [4.69, 9.17) is 4.74 Å². The zero-order chi connectivity index (χ0) is 12.8. The molecule has 102 valence electrons. The zero-order valence-electron chi connectivity index (χ0n) is 11.6. The molecule has 0 saturated carbocycles. The lowest BCUT2D eigenvalue weighted by Gasteiger charge is -2.07. The van der Waals surface area contributed by atoms with Crippen LogP contribution in [0.5, 0.6) is 0 Å². The van der Waals surface area contributed by atoms with E-state index in [1.54, 1.807) is 10.4 Å². The fourth-order valence-corrected chi connectivity index (χ4v) is 3.49. The van der Waals surface area contributed by atoms with Crippen LogP contribution in [0.2, 0.25) is 0 Å². The van der Waals surface area contributed by atoms with Crippen molar-refractivity contribution >= 4 is 11.3 Å². The van der Waals surface area contributed by atoms with Crippen LogP contribution in [-0.4, -0.2) is 19.8 Å². The maximum Gasteiger partial charge on any atom is 0.0591 e. The number of thiophene rings is 1. The van der Waals surface area contributed by atoms with E-state index in [2.05, 4.69) is 25.2 Å². The number of rotatable bonds is 8. The molecule has 0 fully saturated rings. The van der Waals surface area contributed by atoms with Gasteiger partial charge in [-0.3, -0.25) is 0 Å². The molecule has 0 aliphatic heterocycles. The summed E-state index contributed by atoms with van der Waals surface area (Å²) >= 11 is 1.99. The van der Waals surface area contributed by atoms with Gasteiger partial charge in [0.1, 0.15) is 0 Å².